The average Bonchev–Trinajstić information content (AvgIpc) is 3.04. The lowest BCUT2D eigenvalue weighted by Crippen LogP contribution is -2.38. The fourth-order valence-electron chi connectivity index (χ4n) is 2.90. The van der Waals surface area contributed by atoms with Crippen molar-refractivity contribution in [2.75, 3.05) is 21.1 Å². The molecule has 0 spiro atoms. The van der Waals surface area contributed by atoms with Crippen LogP contribution in [0.1, 0.15) is 22.7 Å². The Hall–Kier alpha value is -2.31. The maximum absolute atomic E-state index is 13.0. The van der Waals surface area contributed by atoms with Gasteiger partial charge in [0.05, 0.1) is 11.7 Å². The van der Waals surface area contributed by atoms with Gasteiger partial charge in [-0.05, 0) is 44.3 Å². The van der Waals surface area contributed by atoms with Crippen molar-refractivity contribution >= 4 is 28.7 Å². The number of aryl methyl sites for hydroxylation is 1. The van der Waals surface area contributed by atoms with E-state index in [-0.39, 0.29) is 11.9 Å². The van der Waals surface area contributed by atoms with Gasteiger partial charge in [-0.25, -0.2) is 0 Å². The largest absolute Gasteiger partial charge is 0.340 e. The van der Waals surface area contributed by atoms with Gasteiger partial charge in [0, 0.05) is 13.6 Å². The van der Waals surface area contributed by atoms with Gasteiger partial charge in [0.15, 0.2) is 0 Å². The molecule has 130 valence electrons. The van der Waals surface area contributed by atoms with Gasteiger partial charge in [-0.2, -0.15) is 8.75 Å². The molecule has 6 heteroatoms. The molecule has 5 nitrogen and oxygen atoms in total. The lowest BCUT2D eigenvalue weighted by atomic mass is 10.0. The fraction of sp³-hybridized carbons (Fsp3) is 0.316. The molecule has 0 saturated carbocycles. The second-order valence-corrected chi connectivity index (χ2v) is 7.09. The molecule has 0 aliphatic heterocycles. The average molecular weight is 354 g/mol. The highest BCUT2D eigenvalue weighted by Crippen LogP contribution is 2.22. The van der Waals surface area contributed by atoms with Crippen molar-refractivity contribution < 1.29 is 4.79 Å². The number of hydrogen-bond acceptors (Lipinski definition) is 5. The monoisotopic (exact) mass is 354 g/mol. The Morgan fingerprint density at radius 2 is 1.72 bits per heavy atom. The van der Waals surface area contributed by atoms with Crippen LogP contribution in [0.15, 0.2) is 42.5 Å². The lowest BCUT2D eigenvalue weighted by molar-refractivity contribution is -0.135. The molecule has 0 aliphatic carbocycles. The van der Waals surface area contributed by atoms with Crippen LogP contribution in [-0.2, 0) is 11.3 Å². The van der Waals surface area contributed by atoms with Gasteiger partial charge >= 0.3 is 0 Å². The number of fused-ring (bicyclic) bond motifs is 1. The molecule has 1 amide bonds. The lowest BCUT2D eigenvalue weighted by Gasteiger charge is -2.28. The van der Waals surface area contributed by atoms with Crippen LogP contribution in [0, 0.1) is 6.92 Å². The Kier molecular flexibility index (Phi) is 5.11. The Balaban J connectivity index is 1.79. The molecule has 3 aromatic rings. The minimum absolute atomic E-state index is 0.0744. The zero-order valence-corrected chi connectivity index (χ0v) is 15.7. The molecule has 0 N–H and O–H groups in total. The summed E-state index contributed by atoms with van der Waals surface area (Å²) in [5.41, 5.74) is 5.02. The van der Waals surface area contributed by atoms with Gasteiger partial charge in [-0.1, -0.05) is 35.9 Å². The number of carbonyl (C=O) groups is 1. The third-order valence-electron chi connectivity index (χ3n) is 4.26. The minimum atomic E-state index is -0.296. The summed E-state index contributed by atoms with van der Waals surface area (Å²) in [5, 5.41) is 0. The molecule has 0 fully saturated rings. The third-order valence-corrected chi connectivity index (χ3v) is 4.81. The number of aromatic nitrogens is 2. The number of likely N-dealkylation sites (N-methyl/N-ethyl adjacent to an activating group) is 2. The van der Waals surface area contributed by atoms with Gasteiger partial charge in [0.25, 0.3) is 0 Å². The molecular formula is C19H22N4OS. The van der Waals surface area contributed by atoms with Crippen LogP contribution >= 0.6 is 11.7 Å². The van der Waals surface area contributed by atoms with Crippen LogP contribution in [-0.4, -0.2) is 45.6 Å². The Labute approximate surface area is 152 Å². The normalized spacial score (nSPS) is 12.5. The molecule has 0 saturated heterocycles. The van der Waals surface area contributed by atoms with E-state index in [1.807, 2.05) is 75.4 Å². The van der Waals surface area contributed by atoms with Crippen LogP contribution < -0.4 is 0 Å². The maximum Gasteiger partial charge on any atom is 0.244 e. The van der Waals surface area contributed by atoms with Crippen LogP contribution in [0.2, 0.25) is 0 Å². The van der Waals surface area contributed by atoms with E-state index in [1.54, 1.807) is 4.90 Å². The second kappa shape index (κ2) is 7.29. The standard InChI is InChI=1S/C19H22N4OS/c1-13-5-8-15(9-6-13)18(22(2)3)19(24)23(4)12-14-7-10-16-17(11-14)21-25-20-16/h5-11,18H,12H2,1-4H3/t18-/m0/s1. The van der Waals surface area contributed by atoms with Crippen LogP contribution in [0.3, 0.4) is 0 Å². The summed E-state index contributed by atoms with van der Waals surface area (Å²) in [6.45, 7) is 2.59. The predicted molar refractivity (Wildman–Crippen MR) is 101 cm³/mol. The zero-order chi connectivity index (χ0) is 18.0. The molecule has 1 heterocycles. The molecule has 1 aromatic heterocycles. The first kappa shape index (κ1) is 17.5. The first-order valence-electron chi connectivity index (χ1n) is 8.15. The summed E-state index contributed by atoms with van der Waals surface area (Å²) in [6, 6.07) is 13.8. The Morgan fingerprint density at radius 1 is 1.04 bits per heavy atom. The number of hydrogen-bond donors (Lipinski definition) is 0. The molecule has 0 unspecified atom stereocenters. The van der Waals surface area contributed by atoms with Gasteiger partial charge in [0.1, 0.15) is 17.1 Å². The summed E-state index contributed by atoms with van der Waals surface area (Å²) in [4.78, 5) is 16.8. The van der Waals surface area contributed by atoms with Crippen LogP contribution in [0.4, 0.5) is 0 Å². The van der Waals surface area contributed by atoms with E-state index in [0.29, 0.717) is 6.54 Å². The van der Waals surface area contributed by atoms with E-state index >= 15 is 0 Å². The quantitative estimate of drug-likeness (QED) is 0.706. The first-order chi connectivity index (χ1) is 12.0. The number of carbonyl (C=O) groups excluding carboxylic acids is 1. The number of benzene rings is 2. The topological polar surface area (TPSA) is 49.3 Å². The molecular weight excluding hydrogens is 332 g/mol. The van der Waals surface area contributed by atoms with Gasteiger partial charge in [-0.15, -0.1) is 0 Å². The van der Waals surface area contributed by atoms with Crippen LogP contribution in [0.5, 0.6) is 0 Å². The van der Waals surface area contributed by atoms with E-state index in [2.05, 4.69) is 8.75 Å². The SMILES string of the molecule is Cc1ccc([C@@H](C(=O)N(C)Cc2ccc3nsnc3c2)N(C)C)cc1. The van der Waals surface area contributed by atoms with Gasteiger partial charge in [-0.3, -0.25) is 9.69 Å². The smallest absolute Gasteiger partial charge is 0.244 e. The van der Waals surface area contributed by atoms with Crippen molar-refractivity contribution in [3.63, 3.8) is 0 Å². The molecule has 1 atom stereocenters. The van der Waals surface area contributed by atoms with Crippen molar-refractivity contribution in [3.05, 3.63) is 59.2 Å². The molecule has 3 rings (SSSR count). The number of rotatable bonds is 5. The number of amides is 1. The highest BCUT2D eigenvalue weighted by molar-refractivity contribution is 7.00. The molecule has 0 bridgehead atoms. The Morgan fingerprint density at radius 3 is 2.40 bits per heavy atom. The molecule has 0 aliphatic rings. The van der Waals surface area contributed by atoms with E-state index in [0.717, 1.165) is 22.2 Å². The van der Waals surface area contributed by atoms with Crippen molar-refractivity contribution in [1.82, 2.24) is 18.5 Å². The summed E-state index contributed by atoms with van der Waals surface area (Å²) >= 11 is 1.21. The van der Waals surface area contributed by atoms with E-state index in [1.165, 1.54) is 17.3 Å². The summed E-state index contributed by atoms with van der Waals surface area (Å²) in [6.07, 6.45) is 0. The van der Waals surface area contributed by atoms with E-state index in [9.17, 15) is 4.79 Å². The van der Waals surface area contributed by atoms with Crippen molar-refractivity contribution in [1.29, 1.82) is 0 Å². The van der Waals surface area contributed by atoms with Gasteiger partial charge < -0.3 is 4.90 Å². The minimum Gasteiger partial charge on any atom is -0.340 e. The number of nitrogens with zero attached hydrogens (tertiary/aromatic N) is 4. The van der Waals surface area contributed by atoms with Crippen molar-refractivity contribution in [3.8, 4) is 0 Å². The Bertz CT molecular complexity index is 873. The van der Waals surface area contributed by atoms with E-state index in [4.69, 9.17) is 0 Å². The third kappa shape index (κ3) is 3.86. The van der Waals surface area contributed by atoms with E-state index < -0.39 is 0 Å². The highest BCUT2D eigenvalue weighted by atomic mass is 32.1. The fourth-order valence-corrected chi connectivity index (χ4v) is 3.41. The van der Waals surface area contributed by atoms with Crippen LogP contribution in [0.25, 0.3) is 11.0 Å². The summed E-state index contributed by atoms with van der Waals surface area (Å²) in [5.74, 6) is 0.0744. The van der Waals surface area contributed by atoms with Crippen molar-refractivity contribution in [2.24, 2.45) is 0 Å². The maximum atomic E-state index is 13.0. The highest BCUT2D eigenvalue weighted by Gasteiger charge is 2.26. The zero-order valence-electron chi connectivity index (χ0n) is 14.9. The molecule has 2 aromatic carbocycles. The molecule has 25 heavy (non-hydrogen) atoms. The second-order valence-electron chi connectivity index (χ2n) is 6.56. The van der Waals surface area contributed by atoms with Crippen molar-refractivity contribution in [2.45, 2.75) is 19.5 Å². The van der Waals surface area contributed by atoms with Gasteiger partial charge in [0.2, 0.25) is 5.91 Å². The summed E-state index contributed by atoms with van der Waals surface area (Å²) < 4.78 is 8.49. The summed E-state index contributed by atoms with van der Waals surface area (Å²) in [7, 11) is 5.71. The first-order valence-corrected chi connectivity index (χ1v) is 8.88. The molecule has 0 radical (unpaired) electrons. The predicted octanol–water partition coefficient (Wildman–Crippen LogP) is 3.26.